The van der Waals surface area contributed by atoms with Gasteiger partial charge in [-0.05, 0) is 0 Å². The first kappa shape index (κ1) is 16.1. The van der Waals surface area contributed by atoms with Crippen molar-refractivity contribution in [1.29, 1.82) is 0 Å². The third kappa shape index (κ3) is 27.3. The fourth-order valence-electron chi connectivity index (χ4n) is 0. The van der Waals surface area contributed by atoms with Gasteiger partial charge in [-0.1, -0.05) is 0 Å². The molecule has 0 N–H and O–H groups in total. The lowest BCUT2D eigenvalue weighted by Crippen LogP contribution is -1.56. The van der Waals surface area contributed by atoms with E-state index in [1.807, 2.05) is 0 Å². The van der Waals surface area contributed by atoms with E-state index in [0.717, 1.165) is 0 Å². The molecule has 0 aliphatic carbocycles. The zero-order valence-electron chi connectivity index (χ0n) is 5.30. The van der Waals surface area contributed by atoms with Crippen molar-refractivity contribution in [3.8, 4) is 0 Å². The molecule has 0 spiro atoms. The van der Waals surface area contributed by atoms with E-state index in [9.17, 15) is 22.0 Å². The van der Waals surface area contributed by atoms with Crippen LogP contribution in [0.5, 0.6) is 0 Å². The van der Waals surface area contributed by atoms with Crippen LogP contribution in [0.25, 0.3) is 0 Å². The lowest BCUT2D eigenvalue weighted by atomic mass is 11.1. The molecule has 0 atom stereocenters. The number of hydrogen-bond acceptors (Lipinski definition) is 0. The maximum Gasteiger partial charge on any atom is 0.334 e. The first-order valence-corrected chi connectivity index (χ1v) is 1.88. The summed E-state index contributed by atoms with van der Waals surface area (Å²) < 4.78 is 50.6. The van der Waals surface area contributed by atoms with Crippen molar-refractivity contribution in [2.45, 2.75) is 0 Å². The van der Waals surface area contributed by atoms with E-state index in [2.05, 4.69) is 13.2 Å². The zero-order valence-corrected chi connectivity index (χ0v) is 5.30. The minimum Gasteiger partial charge on any atom is -0.255 e. The molecule has 0 unspecified atom stereocenters. The Labute approximate surface area is 55.7 Å². The summed E-state index contributed by atoms with van der Waals surface area (Å²) in [7, 11) is 0.500. The van der Waals surface area contributed by atoms with Crippen LogP contribution in [-0.4, -0.2) is 7.18 Å². The standard InChI is InChI=1S/C2F4.C2H4.CH3F/c3-1(4)2(5)6;2*1-2/h;1-2H2;1H3. The largest absolute Gasteiger partial charge is 0.334 e. The van der Waals surface area contributed by atoms with Gasteiger partial charge in [0.2, 0.25) is 0 Å². The van der Waals surface area contributed by atoms with Gasteiger partial charge in [-0.3, -0.25) is 4.39 Å². The Hall–Kier alpha value is -0.870. The van der Waals surface area contributed by atoms with Crippen molar-refractivity contribution in [1.82, 2.24) is 0 Å². The summed E-state index contributed by atoms with van der Waals surface area (Å²) in [5.74, 6) is 0. The van der Waals surface area contributed by atoms with Crippen molar-refractivity contribution in [3.63, 3.8) is 0 Å². The maximum atomic E-state index is 10.3. The van der Waals surface area contributed by atoms with Gasteiger partial charge in [0.15, 0.2) is 0 Å². The van der Waals surface area contributed by atoms with E-state index in [0.29, 0.717) is 7.18 Å². The van der Waals surface area contributed by atoms with Crippen LogP contribution < -0.4 is 0 Å². The highest BCUT2D eigenvalue weighted by atomic mass is 19.3. The molecule has 0 bridgehead atoms. The number of alkyl halides is 1. The molecule has 0 nitrogen and oxygen atoms in total. The summed E-state index contributed by atoms with van der Waals surface area (Å²) in [6.07, 6.45) is -5.81. The van der Waals surface area contributed by atoms with Gasteiger partial charge < -0.3 is 0 Å². The Balaban J connectivity index is -0.000000105. The highest BCUT2D eigenvalue weighted by Crippen LogP contribution is 2.08. The molecule has 0 rings (SSSR count). The quantitative estimate of drug-likeness (QED) is 0.378. The molecular formula is C5H7F5. The first-order valence-electron chi connectivity index (χ1n) is 1.88. The monoisotopic (exact) mass is 162 g/mol. The number of hydrogen-bond donors (Lipinski definition) is 0. The van der Waals surface area contributed by atoms with Gasteiger partial charge in [0, 0.05) is 0 Å². The summed E-state index contributed by atoms with van der Waals surface area (Å²) in [4.78, 5) is 0. The van der Waals surface area contributed by atoms with Gasteiger partial charge in [0.25, 0.3) is 0 Å². The van der Waals surface area contributed by atoms with E-state index in [4.69, 9.17) is 0 Å². The Kier molecular flexibility index (Phi) is 25.2. The molecule has 0 saturated carbocycles. The molecule has 0 aliphatic rings. The van der Waals surface area contributed by atoms with Gasteiger partial charge in [-0.2, -0.15) is 17.6 Å². The van der Waals surface area contributed by atoms with Gasteiger partial charge in [-0.25, -0.2) is 0 Å². The molecule has 0 saturated heterocycles. The van der Waals surface area contributed by atoms with E-state index >= 15 is 0 Å². The molecular weight excluding hydrogens is 155 g/mol. The van der Waals surface area contributed by atoms with Gasteiger partial charge in [0.1, 0.15) is 0 Å². The van der Waals surface area contributed by atoms with Crippen molar-refractivity contribution in [2.24, 2.45) is 0 Å². The lowest BCUT2D eigenvalue weighted by molar-refractivity contribution is 0.308. The van der Waals surface area contributed by atoms with E-state index in [-0.39, 0.29) is 0 Å². The van der Waals surface area contributed by atoms with Crippen molar-refractivity contribution in [3.05, 3.63) is 25.3 Å². The molecule has 0 aromatic rings. The molecule has 5 heteroatoms. The van der Waals surface area contributed by atoms with Crippen LogP contribution in [0.3, 0.4) is 0 Å². The average molecular weight is 162 g/mol. The second-order valence-corrected chi connectivity index (χ2v) is 0.521. The van der Waals surface area contributed by atoms with Crippen molar-refractivity contribution < 1.29 is 22.0 Å². The summed E-state index contributed by atoms with van der Waals surface area (Å²) in [5.41, 5.74) is 0. The highest BCUT2D eigenvalue weighted by molar-refractivity contribution is 4.77. The fraction of sp³-hybridized carbons (Fsp3) is 0.200. The van der Waals surface area contributed by atoms with Crippen molar-refractivity contribution >= 4 is 0 Å². The first-order chi connectivity index (χ1) is 4.64. The summed E-state index contributed by atoms with van der Waals surface area (Å²) >= 11 is 0. The van der Waals surface area contributed by atoms with E-state index in [1.165, 1.54) is 0 Å². The predicted molar refractivity (Wildman–Crippen MR) is 29.7 cm³/mol. The third-order valence-corrected chi connectivity index (χ3v) is 0.143. The molecule has 10 heavy (non-hydrogen) atoms. The second-order valence-electron chi connectivity index (χ2n) is 0.521. The Morgan fingerprint density at radius 1 is 0.800 bits per heavy atom. The van der Waals surface area contributed by atoms with Crippen LogP contribution in [0, 0.1) is 0 Å². The van der Waals surface area contributed by atoms with Crippen LogP contribution >= 0.6 is 0 Å². The molecule has 0 aromatic heterocycles. The zero-order chi connectivity index (χ0) is 9.15. The Bertz CT molecular complexity index is 70.0. The summed E-state index contributed by atoms with van der Waals surface area (Å²) in [6.45, 7) is 6.00. The third-order valence-electron chi connectivity index (χ3n) is 0.143. The minimum absolute atomic E-state index is 0.500. The molecule has 62 valence electrons. The van der Waals surface area contributed by atoms with Crippen molar-refractivity contribution in [2.75, 3.05) is 7.18 Å². The summed E-state index contributed by atoms with van der Waals surface area (Å²) in [5, 5.41) is 0. The number of halogens is 5. The molecule has 0 aromatic carbocycles. The molecule has 0 aliphatic heterocycles. The molecule has 0 radical (unpaired) electrons. The predicted octanol–water partition coefficient (Wildman–Crippen LogP) is 3.38. The van der Waals surface area contributed by atoms with Crippen LogP contribution in [0.15, 0.2) is 25.3 Å². The Morgan fingerprint density at radius 2 is 0.900 bits per heavy atom. The van der Waals surface area contributed by atoms with Crippen LogP contribution in [0.2, 0.25) is 0 Å². The number of rotatable bonds is 0. The minimum atomic E-state index is -2.91. The van der Waals surface area contributed by atoms with Crippen LogP contribution in [-0.2, 0) is 0 Å². The van der Waals surface area contributed by atoms with E-state index in [1.54, 1.807) is 0 Å². The average Bonchev–Trinajstić information content (AvgIpc) is 1.96. The topological polar surface area (TPSA) is 0 Å². The second kappa shape index (κ2) is 15.7. The summed E-state index contributed by atoms with van der Waals surface area (Å²) in [6, 6.07) is 0. The lowest BCUT2D eigenvalue weighted by Gasteiger charge is -1.69. The molecule has 0 fully saturated rings. The van der Waals surface area contributed by atoms with Gasteiger partial charge >= 0.3 is 12.2 Å². The van der Waals surface area contributed by atoms with Gasteiger partial charge in [0.05, 0.1) is 7.18 Å². The van der Waals surface area contributed by atoms with Gasteiger partial charge in [-0.15, -0.1) is 13.2 Å². The highest BCUT2D eigenvalue weighted by Gasteiger charge is 1.98. The Morgan fingerprint density at radius 3 is 0.900 bits per heavy atom. The molecule has 0 amide bonds. The fourth-order valence-corrected chi connectivity index (χ4v) is 0. The van der Waals surface area contributed by atoms with Crippen LogP contribution in [0.1, 0.15) is 0 Å². The maximum absolute atomic E-state index is 10.3. The molecule has 0 heterocycles. The van der Waals surface area contributed by atoms with Crippen LogP contribution in [0.4, 0.5) is 22.0 Å². The smallest absolute Gasteiger partial charge is 0.255 e. The van der Waals surface area contributed by atoms with E-state index < -0.39 is 12.2 Å². The normalized spacial score (nSPS) is 5.80. The SMILES string of the molecule is C=C.CF.FC(F)=C(F)F.